The SMILES string of the molecule is [C-]#[N+]c1cc2oc3cc(-c4cccc[n+]4C)c(C)cc3c2cc1-c1ccccc1. The Labute approximate surface area is 169 Å². The second kappa shape index (κ2) is 6.61. The molecule has 0 saturated carbocycles. The van der Waals surface area contributed by atoms with Crippen LogP contribution in [0.1, 0.15) is 5.56 Å². The lowest BCUT2D eigenvalue weighted by atomic mass is 9.98. The van der Waals surface area contributed by atoms with E-state index < -0.39 is 0 Å². The van der Waals surface area contributed by atoms with Crippen molar-refractivity contribution in [2.75, 3.05) is 0 Å². The number of rotatable bonds is 2. The van der Waals surface area contributed by atoms with Crippen molar-refractivity contribution in [1.82, 2.24) is 0 Å². The standard InChI is InChI=1S/C26H19N2O/c1-17-13-21-22-14-20(18-9-5-4-6-10-18)23(27-2)16-26(22)29-25(21)15-19(17)24-11-7-8-12-28(24)3/h4-16H,1,3H3/q+1. The van der Waals surface area contributed by atoms with E-state index in [1.54, 1.807) is 0 Å². The minimum absolute atomic E-state index is 0.606. The largest absolute Gasteiger partial charge is 0.457 e. The van der Waals surface area contributed by atoms with E-state index in [0.717, 1.165) is 44.3 Å². The normalized spacial score (nSPS) is 11.1. The molecule has 29 heavy (non-hydrogen) atoms. The number of pyridine rings is 1. The molecule has 5 aromatic rings. The van der Waals surface area contributed by atoms with Crippen molar-refractivity contribution in [1.29, 1.82) is 0 Å². The molecule has 5 rings (SSSR count). The van der Waals surface area contributed by atoms with Crippen LogP contribution in [-0.2, 0) is 7.05 Å². The molecule has 0 aliphatic rings. The molecule has 3 aromatic carbocycles. The fourth-order valence-electron chi connectivity index (χ4n) is 3.99. The van der Waals surface area contributed by atoms with Gasteiger partial charge < -0.3 is 4.42 Å². The van der Waals surface area contributed by atoms with E-state index in [1.165, 1.54) is 5.56 Å². The predicted molar refractivity (Wildman–Crippen MR) is 117 cm³/mol. The van der Waals surface area contributed by atoms with Gasteiger partial charge in [0.05, 0.1) is 12.1 Å². The van der Waals surface area contributed by atoms with Gasteiger partial charge in [-0.3, -0.25) is 0 Å². The van der Waals surface area contributed by atoms with Gasteiger partial charge in [-0.1, -0.05) is 36.4 Å². The predicted octanol–water partition coefficient (Wildman–Crippen LogP) is 6.60. The minimum Gasteiger partial charge on any atom is -0.457 e. The second-order valence-electron chi connectivity index (χ2n) is 7.31. The first kappa shape index (κ1) is 17.2. The van der Waals surface area contributed by atoms with Crippen LogP contribution < -0.4 is 4.57 Å². The highest BCUT2D eigenvalue weighted by atomic mass is 16.3. The number of hydrogen-bond acceptors (Lipinski definition) is 1. The Balaban J connectivity index is 1.79. The Morgan fingerprint density at radius 3 is 2.31 bits per heavy atom. The van der Waals surface area contributed by atoms with E-state index >= 15 is 0 Å². The number of hydrogen-bond donors (Lipinski definition) is 0. The maximum Gasteiger partial charge on any atom is 0.212 e. The van der Waals surface area contributed by atoms with E-state index in [9.17, 15) is 0 Å². The van der Waals surface area contributed by atoms with Crippen molar-refractivity contribution in [2.45, 2.75) is 6.92 Å². The molecule has 3 heteroatoms. The molecule has 0 atom stereocenters. The Morgan fingerprint density at radius 1 is 0.828 bits per heavy atom. The van der Waals surface area contributed by atoms with E-state index in [4.69, 9.17) is 11.0 Å². The summed E-state index contributed by atoms with van der Waals surface area (Å²) >= 11 is 0. The molecule has 2 aromatic heterocycles. The lowest BCUT2D eigenvalue weighted by Gasteiger charge is -2.05. The summed E-state index contributed by atoms with van der Waals surface area (Å²) in [4.78, 5) is 3.75. The van der Waals surface area contributed by atoms with Gasteiger partial charge in [-0.25, -0.2) is 9.41 Å². The average Bonchev–Trinajstić information content (AvgIpc) is 3.09. The average molecular weight is 375 g/mol. The lowest BCUT2D eigenvalue weighted by Crippen LogP contribution is -2.30. The van der Waals surface area contributed by atoms with Crippen molar-refractivity contribution in [3.63, 3.8) is 0 Å². The molecular formula is C26H19N2O+. The topological polar surface area (TPSA) is 21.4 Å². The third-order valence-corrected chi connectivity index (χ3v) is 5.47. The van der Waals surface area contributed by atoms with Crippen LogP contribution in [0.2, 0.25) is 0 Å². The highest BCUT2D eigenvalue weighted by Crippen LogP contribution is 2.40. The Kier molecular flexibility index (Phi) is 3.93. The van der Waals surface area contributed by atoms with Gasteiger partial charge in [0, 0.05) is 22.9 Å². The molecule has 0 aliphatic carbocycles. The van der Waals surface area contributed by atoms with Crippen LogP contribution in [0, 0.1) is 13.5 Å². The van der Waals surface area contributed by atoms with Gasteiger partial charge in [0.15, 0.2) is 11.9 Å². The number of aryl methyl sites for hydroxylation is 2. The van der Waals surface area contributed by atoms with Gasteiger partial charge in [-0.05, 0) is 47.9 Å². The van der Waals surface area contributed by atoms with Gasteiger partial charge in [0.1, 0.15) is 18.2 Å². The van der Waals surface area contributed by atoms with Crippen LogP contribution in [0.4, 0.5) is 5.69 Å². The molecule has 2 heterocycles. The summed E-state index contributed by atoms with van der Waals surface area (Å²) in [5.74, 6) is 0. The molecule has 0 radical (unpaired) electrons. The summed E-state index contributed by atoms with van der Waals surface area (Å²) < 4.78 is 8.30. The van der Waals surface area contributed by atoms with Crippen LogP contribution in [0.3, 0.4) is 0 Å². The van der Waals surface area contributed by atoms with E-state index in [0.29, 0.717) is 5.69 Å². The molecule has 0 spiro atoms. The molecule has 0 bridgehead atoms. The monoisotopic (exact) mass is 375 g/mol. The zero-order valence-corrected chi connectivity index (χ0v) is 16.3. The van der Waals surface area contributed by atoms with Crippen molar-refractivity contribution in [3.05, 3.63) is 96.0 Å². The van der Waals surface area contributed by atoms with Gasteiger partial charge in [0.25, 0.3) is 0 Å². The molecule has 138 valence electrons. The summed E-state index contributed by atoms with van der Waals surface area (Å²) in [5.41, 5.74) is 7.65. The zero-order chi connectivity index (χ0) is 20.0. The third kappa shape index (κ3) is 2.78. The van der Waals surface area contributed by atoms with Crippen LogP contribution in [0.15, 0.2) is 83.4 Å². The van der Waals surface area contributed by atoms with Gasteiger partial charge >= 0.3 is 0 Å². The molecule has 0 unspecified atom stereocenters. The molecular weight excluding hydrogens is 356 g/mol. The maximum absolute atomic E-state index is 7.63. The van der Waals surface area contributed by atoms with E-state index in [2.05, 4.69) is 40.6 Å². The highest BCUT2D eigenvalue weighted by molar-refractivity contribution is 6.09. The molecule has 0 saturated heterocycles. The fraction of sp³-hybridized carbons (Fsp3) is 0.0769. The number of fused-ring (bicyclic) bond motifs is 3. The summed E-state index contributed by atoms with van der Waals surface area (Å²) in [6, 6.07) is 24.5. The van der Waals surface area contributed by atoms with Crippen LogP contribution in [-0.4, -0.2) is 0 Å². The first-order valence-corrected chi connectivity index (χ1v) is 9.54. The number of furan rings is 1. The van der Waals surface area contributed by atoms with Gasteiger partial charge in [-0.15, -0.1) is 0 Å². The first-order chi connectivity index (χ1) is 14.2. The molecule has 0 amide bonds. The van der Waals surface area contributed by atoms with Crippen molar-refractivity contribution >= 4 is 27.6 Å². The van der Waals surface area contributed by atoms with E-state index in [-0.39, 0.29) is 0 Å². The highest BCUT2D eigenvalue weighted by Gasteiger charge is 2.17. The number of nitrogens with zero attached hydrogens (tertiary/aromatic N) is 2. The first-order valence-electron chi connectivity index (χ1n) is 9.54. The molecule has 3 nitrogen and oxygen atoms in total. The summed E-state index contributed by atoms with van der Waals surface area (Å²) in [6.07, 6.45) is 2.05. The molecule has 0 aliphatic heterocycles. The molecule has 0 fully saturated rings. The van der Waals surface area contributed by atoms with Crippen molar-refractivity contribution in [3.8, 4) is 22.4 Å². The Hall–Kier alpha value is -3.90. The maximum atomic E-state index is 7.63. The van der Waals surface area contributed by atoms with Crippen LogP contribution >= 0.6 is 0 Å². The summed E-state index contributed by atoms with van der Waals surface area (Å²) in [6.45, 7) is 9.76. The lowest BCUT2D eigenvalue weighted by molar-refractivity contribution is -0.660. The van der Waals surface area contributed by atoms with Gasteiger partial charge in [-0.2, -0.15) is 0 Å². The Morgan fingerprint density at radius 2 is 1.55 bits per heavy atom. The fourth-order valence-corrected chi connectivity index (χ4v) is 3.99. The Bertz CT molecular complexity index is 1420. The quantitative estimate of drug-likeness (QED) is 0.251. The number of aromatic nitrogens is 1. The summed E-state index contributed by atoms with van der Waals surface area (Å²) in [5, 5.41) is 2.12. The van der Waals surface area contributed by atoms with Crippen molar-refractivity contribution in [2.24, 2.45) is 7.05 Å². The minimum atomic E-state index is 0.606. The third-order valence-electron chi connectivity index (χ3n) is 5.47. The smallest absolute Gasteiger partial charge is 0.212 e. The second-order valence-corrected chi connectivity index (χ2v) is 7.31. The van der Waals surface area contributed by atoms with Gasteiger partial charge in [0.2, 0.25) is 5.69 Å². The number of benzene rings is 3. The van der Waals surface area contributed by atoms with Crippen molar-refractivity contribution < 1.29 is 8.98 Å². The van der Waals surface area contributed by atoms with Crippen LogP contribution in [0.25, 0.3) is 49.2 Å². The van der Waals surface area contributed by atoms with Crippen LogP contribution in [0.5, 0.6) is 0 Å². The zero-order valence-electron chi connectivity index (χ0n) is 16.3. The summed E-state index contributed by atoms with van der Waals surface area (Å²) in [7, 11) is 2.05. The van der Waals surface area contributed by atoms with E-state index in [1.807, 2.05) is 61.8 Å². The molecule has 0 N–H and O–H groups in total.